The van der Waals surface area contributed by atoms with E-state index in [0.717, 1.165) is 0 Å². The fourth-order valence-corrected chi connectivity index (χ4v) is 3.18. The summed E-state index contributed by atoms with van der Waals surface area (Å²) in [7, 11) is 0. The van der Waals surface area contributed by atoms with Gasteiger partial charge in [-0.2, -0.15) is 0 Å². The Morgan fingerprint density at radius 3 is 0.950 bits per heavy atom. The SMILES string of the molecule is C.CCCCCCCCCCCCCCCCCCI. The van der Waals surface area contributed by atoms with Crippen LogP contribution in [0.1, 0.15) is 117 Å². The van der Waals surface area contributed by atoms with Crippen molar-refractivity contribution in [1.29, 1.82) is 0 Å². The molecule has 0 saturated heterocycles. The summed E-state index contributed by atoms with van der Waals surface area (Å²) in [6.45, 7) is 2.30. The highest BCUT2D eigenvalue weighted by atomic mass is 127. The van der Waals surface area contributed by atoms with Crippen molar-refractivity contribution in [2.24, 2.45) is 0 Å². The van der Waals surface area contributed by atoms with Crippen LogP contribution in [0.4, 0.5) is 0 Å². The summed E-state index contributed by atoms with van der Waals surface area (Å²) in [5.41, 5.74) is 0. The predicted molar refractivity (Wildman–Crippen MR) is 105 cm³/mol. The van der Waals surface area contributed by atoms with Crippen LogP contribution in [0.25, 0.3) is 0 Å². The van der Waals surface area contributed by atoms with E-state index in [1.807, 2.05) is 0 Å². The Labute approximate surface area is 144 Å². The maximum Gasteiger partial charge on any atom is -0.000473 e. The largest absolute Gasteiger partial charge is 0.0864 e. The molecule has 0 rings (SSSR count). The molecule has 0 aromatic heterocycles. The quantitative estimate of drug-likeness (QED) is 0.140. The molecule has 0 aromatic rings. The Morgan fingerprint density at radius 1 is 0.450 bits per heavy atom. The zero-order chi connectivity index (χ0) is 14.0. The molecule has 0 aliphatic heterocycles. The molecule has 0 N–H and O–H groups in total. The van der Waals surface area contributed by atoms with Gasteiger partial charge in [0.25, 0.3) is 0 Å². The summed E-state index contributed by atoms with van der Waals surface area (Å²) in [5.74, 6) is 0. The molecule has 0 aromatic carbocycles. The van der Waals surface area contributed by atoms with Crippen molar-refractivity contribution < 1.29 is 0 Å². The van der Waals surface area contributed by atoms with Gasteiger partial charge in [-0.05, 0) is 10.8 Å². The summed E-state index contributed by atoms with van der Waals surface area (Å²) >= 11 is 2.49. The van der Waals surface area contributed by atoms with Gasteiger partial charge in [0.2, 0.25) is 0 Å². The van der Waals surface area contributed by atoms with Crippen molar-refractivity contribution in [3.05, 3.63) is 0 Å². The van der Waals surface area contributed by atoms with Gasteiger partial charge in [0, 0.05) is 0 Å². The van der Waals surface area contributed by atoms with E-state index in [-0.39, 0.29) is 7.43 Å². The van der Waals surface area contributed by atoms with Crippen LogP contribution in [-0.4, -0.2) is 4.43 Å². The molecule has 1 heteroatoms. The Kier molecular flexibility index (Phi) is 25.3. The van der Waals surface area contributed by atoms with E-state index in [2.05, 4.69) is 29.5 Å². The van der Waals surface area contributed by atoms with Gasteiger partial charge in [0.1, 0.15) is 0 Å². The smallest absolute Gasteiger partial charge is 0.000473 e. The number of halogens is 1. The number of alkyl halides is 1. The van der Waals surface area contributed by atoms with Crippen LogP contribution in [0.15, 0.2) is 0 Å². The number of rotatable bonds is 16. The van der Waals surface area contributed by atoms with Crippen LogP contribution in [-0.2, 0) is 0 Å². The molecule has 0 aliphatic rings. The van der Waals surface area contributed by atoms with Crippen LogP contribution in [0.3, 0.4) is 0 Å². The van der Waals surface area contributed by atoms with E-state index in [0.29, 0.717) is 0 Å². The average molecular weight is 396 g/mol. The third-order valence-electron chi connectivity index (χ3n) is 3.99. The first-order valence-electron chi connectivity index (χ1n) is 8.97. The first-order chi connectivity index (χ1) is 9.41. The lowest BCUT2D eigenvalue weighted by Gasteiger charge is -2.03. The van der Waals surface area contributed by atoms with Gasteiger partial charge in [0.05, 0.1) is 0 Å². The molecule has 0 unspecified atom stereocenters. The monoisotopic (exact) mass is 396 g/mol. The summed E-state index contributed by atoms with van der Waals surface area (Å²) in [6.07, 6.45) is 23.5. The minimum atomic E-state index is 0. The second kappa shape index (κ2) is 22.0. The first kappa shape index (κ1) is 23.0. The summed E-state index contributed by atoms with van der Waals surface area (Å²) < 4.78 is 1.34. The molecule has 0 bridgehead atoms. The third kappa shape index (κ3) is 21.0. The van der Waals surface area contributed by atoms with Crippen LogP contribution in [0, 0.1) is 0 Å². The first-order valence-corrected chi connectivity index (χ1v) is 10.5. The molecule has 0 fully saturated rings. The highest BCUT2D eigenvalue weighted by Crippen LogP contribution is 2.13. The van der Waals surface area contributed by atoms with Gasteiger partial charge in [-0.3, -0.25) is 0 Å². The normalized spacial score (nSPS) is 10.5. The van der Waals surface area contributed by atoms with Crippen LogP contribution in [0.5, 0.6) is 0 Å². The topological polar surface area (TPSA) is 0 Å². The summed E-state index contributed by atoms with van der Waals surface area (Å²) in [6, 6.07) is 0. The van der Waals surface area contributed by atoms with Crippen LogP contribution < -0.4 is 0 Å². The molecule has 0 aliphatic carbocycles. The molecule has 0 heterocycles. The molecule has 0 atom stereocenters. The molecular formula is C19H41I. The molecule has 0 amide bonds. The van der Waals surface area contributed by atoms with E-state index in [1.165, 1.54) is 107 Å². The summed E-state index contributed by atoms with van der Waals surface area (Å²) in [5, 5.41) is 0. The maximum atomic E-state index is 2.49. The predicted octanol–water partition coefficient (Wildman–Crippen LogP) is 8.32. The Morgan fingerprint density at radius 2 is 0.700 bits per heavy atom. The van der Waals surface area contributed by atoms with Gasteiger partial charge in [-0.1, -0.05) is 133 Å². The van der Waals surface area contributed by atoms with Crippen molar-refractivity contribution in [3.63, 3.8) is 0 Å². The standard InChI is InChI=1S/C18H37I.CH4/c1-2-3-4-5-6-7-8-9-10-11-12-13-14-15-16-17-18-19;/h2-18H2,1H3;1H4. The van der Waals surface area contributed by atoms with Crippen molar-refractivity contribution in [2.75, 3.05) is 4.43 Å². The second-order valence-corrected chi connectivity index (χ2v) is 7.07. The molecular weight excluding hydrogens is 355 g/mol. The minimum absolute atomic E-state index is 0. The molecule has 0 saturated carbocycles. The molecule has 124 valence electrons. The molecule has 20 heavy (non-hydrogen) atoms. The number of hydrogen-bond donors (Lipinski definition) is 0. The zero-order valence-electron chi connectivity index (χ0n) is 13.4. The third-order valence-corrected chi connectivity index (χ3v) is 4.75. The Balaban J connectivity index is 0. The second-order valence-electron chi connectivity index (χ2n) is 5.99. The van der Waals surface area contributed by atoms with E-state index < -0.39 is 0 Å². The minimum Gasteiger partial charge on any atom is -0.0864 e. The van der Waals surface area contributed by atoms with Gasteiger partial charge in [0.15, 0.2) is 0 Å². The number of hydrogen-bond acceptors (Lipinski definition) is 0. The lowest BCUT2D eigenvalue weighted by atomic mass is 10.0. The van der Waals surface area contributed by atoms with Gasteiger partial charge < -0.3 is 0 Å². The van der Waals surface area contributed by atoms with Crippen molar-refractivity contribution in [1.82, 2.24) is 0 Å². The molecule has 0 nitrogen and oxygen atoms in total. The number of unbranched alkanes of at least 4 members (excludes halogenated alkanes) is 15. The lowest BCUT2D eigenvalue weighted by Crippen LogP contribution is -1.83. The Hall–Kier alpha value is 0.730. The van der Waals surface area contributed by atoms with E-state index in [9.17, 15) is 0 Å². The zero-order valence-corrected chi connectivity index (χ0v) is 15.6. The van der Waals surface area contributed by atoms with E-state index in [1.54, 1.807) is 0 Å². The van der Waals surface area contributed by atoms with Gasteiger partial charge in [-0.25, -0.2) is 0 Å². The van der Waals surface area contributed by atoms with Crippen molar-refractivity contribution >= 4 is 22.6 Å². The summed E-state index contributed by atoms with van der Waals surface area (Å²) in [4.78, 5) is 0. The van der Waals surface area contributed by atoms with Crippen molar-refractivity contribution in [3.8, 4) is 0 Å². The Bertz CT molecular complexity index is 129. The van der Waals surface area contributed by atoms with E-state index >= 15 is 0 Å². The average Bonchev–Trinajstić information content (AvgIpc) is 2.43. The molecule has 0 spiro atoms. The van der Waals surface area contributed by atoms with E-state index in [4.69, 9.17) is 0 Å². The highest BCUT2D eigenvalue weighted by molar-refractivity contribution is 14.1. The fourth-order valence-electron chi connectivity index (χ4n) is 2.64. The van der Waals surface area contributed by atoms with Crippen LogP contribution in [0.2, 0.25) is 0 Å². The van der Waals surface area contributed by atoms with Gasteiger partial charge >= 0.3 is 0 Å². The maximum absolute atomic E-state index is 2.49. The highest BCUT2D eigenvalue weighted by Gasteiger charge is 1.94. The van der Waals surface area contributed by atoms with Crippen LogP contribution >= 0.6 is 22.6 Å². The molecule has 0 radical (unpaired) electrons. The van der Waals surface area contributed by atoms with Crippen molar-refractivity contribution in [2.45, 2.75) is 117 Å². The lowest BCUT2D eigenvalue weighted by molar-refractivity contribution is 0.532. The van der Waals surface area contributed by atoms with Gasteiger partial charge in [-0.15, -0.1) is 0 Å². The fraction of sp³-hybridized carbons (Fsp3) is 1.00.